The number of rotatable bonds is 3. The Morgan fingerprint density at radius 3 is 2.96 bits per heavy atom. The highest BCUT2D eigenvalue weighted by Crippen LogP contribution is 2.37. The summed E-state index contributed by atoms with van der Waals surface area (Å²) < 4.78 is 13.2. The number of imidazole rings is 1. The van der Waals surface area contributed by atoms with Crippen molar-refractivity contribution in [3.63, 3.8) is 0 Å². The molecule has 2 aliphatic heterocycles. The van der Waals surface area contributed by atoms with E-state index in [0.717, 1.165) is 59.6 Å². The van der Waals surface area contributed by atoms with Crippen LogP contribution in [0.15, 0.2) is 36.5 Å². The van der Waals surface area contributed by atoms with E-state index in [1.165, 1.54) is 18.5 Å². The van der Waals surface area contributed by atoms with Gasteiger partial charge in [-0.25, -0.2) is 4.98 Å². The molecule has 0 bridgehead atoms. The van der Waals surface area contributed by atoms with E-state index in [-0.39, 0.29) is 6.79 Å². The Bertz CT molecular complexity index is 997. The third-order valence-corrected chi connectivity index (χ3v) is 5.50. The lowest BCUT2D eigenvalue weighted by atomic mass is 10.00. The predicted molar refractivity (Wildman–Crippen MR) is 105 cm³/mol. The van der Waals surface area contributed by atoms with Gasteiger partial charge in [0.25, 0.3) is 0 Å². The van der Waals surface area contributed by atoms with Gasteiger partial charge >= 0.3 is 0 Å². The summed E-state index contributed by atoms with van der Waals surface area (Å²) in [5, 5.41) is 0. The molecular formula is C21H24N4O2. The molecule has 4 heterocycles. The average Bonchev–Trinajstić information content (AvgIpc) is 3.26. The van der Waals surface area contributed by atoms with Crippen molar-refractivity contribution in [3.8, 4) is 22.8 Å². The molecule has 0 aliphatic carbocycles. The van der Waals surface area contributed by atoms with Gasteiger partial charge in [-0.2, -0.15) is 0 Å². The van der Waals surface area contributed by atoms with Crippen LogP contribution in [0.3, 0.4) is 0 Å². The van der Waals surface area contributed by atoms with E-state index >= 15 is 0 Å². The van der Waals surface area contributed by atoms with Crippen molar-refractivity contribution in [2.75, 3.05) is 25.6 Å². The SMILES string of the molecule is CC1CCCN(Cc2c(-c3ccc4c(c3)OCO4)nc3ccc(N)cn23)C1. The van der Waals surface area contributed by atoms with Gasteiger partial charge in [-0.05, 0) is 55.6 Å². The minimum Gasteiger partial charge on any atom is -0.454 e. The van der Waals surface area contributed by atoms with Crippen LogP contribution < -0.4 is 15.2 Å². The van der Waals surface area contributed by atoms with Crippen molar-refractivity contribution >= 4 is 11.3 Å². The molecule has 3 aromatic rings. The average molecular weight is 364 g/mol. The van der Waals surface area contributed by atoms with Gasteiger partial charge in [0.05, 0.1) is 11.4 Å². The van der Waals surface area contributed by atoms with Crippen molar-refractivity contribution in [1.29, 1.82) is 0 Å². The number of benzene rings is 1. The molecule has 0 amide bonds. The zero-order valence-electron chi connectivity index (χ0n) is 15.5. The number of hydrogen-bond acceptors (Lipinski definition) is 5. The summed E-state index contributed by atoms with van der Waals surface area (Å²) in [5.74, 6) is 2.30. The molecule has 1 unspecified atom stereocenters. The lowest BCUT2D eigenvalue weighted by Crippen LogP contribution is -2.34. The number of fused-ring (bicyclic) bond motifs is 2. The van der Waals surface area contributed by atoms with E-state index in [1.807, 2.05) is 30.5 Å². The number of anilines is 1. The summed E-state index contributed by atoms with van der Waals surface area (Å²) in [6.07, 6.45) is 4.53. The van der Waals surface area contributed by atoms with Gasteiger partial charge in [-0.1, -0.05) is 6.92 Å². The Balaban J connectivity index is 1.60. The number of ether oxygens (including phenoxy) is 2. The molecule has 0 spiro atoms. The second-order valence-corrected chi connectivity index (χ2v) is 7.65. The van der Waals surface area contributed by atoms with E-state index in [4.69, 9.17) is 20.2 Å². The largest absolute Gasteiger partial charge is 0.454 e. The Labute approximate surface area is 158 Å². The van der Waals surface area contributed by atoms with Crippen molar-refractivity contribution in [3.05, 3.63) is 42.2 Å². The number of hydrogen-bond donors (Lipinski definition) is 1. The molecule has 27 heavy (non-hydrogen) atoms. The lowest BCUT2D eigenvalue weighted by molar-refractivity contribution is 0.174. The Morgan fingerprint density at radius 2 is 2.07 bits per heavy atom. The summed E-state index contributed by atoms with van der Waals surface area (Å²) in [6.45, 7) is 5.71. The maximum atomic E-state index is 6.07. The van der Waals surface area contributed by atoms with Crippen LogP contribution in [0.2, 0.25) is 0 Å². The molecule has 1 atom stereocenters. The molecule has 1 fully saturated rings. The van der Waals surface area contributed by atoms with Gasteiger partial charge in [0.15, 0.2) is 11.5 Å². The summed E-state index contributed by atoms with van der Waals surface area (Å²) in [7, 11) is 0. The topological polar surface area (TPSA) is 65.0 Å². The number of aromatic nitrogens is 2. The number of piperidine rings is 1. The zero-order valence-corrected chi connectivity index (χ0v) is 15.5. The second kappa shape index (κ2) is 6.46. The number of pyridine rings is 1. The molecule has 2 aromatic heterocycles. The van der Waals surface area contributed by atoms with Gasteiger partial charge in [0.2, 0.25) is 6.79 Å². The first-order valence-electron chi connectivity index (χ1n) is 9.56. The smallest absolute Gasteiger partial charge is 0.231 e. The monoisotopic (exact) mass is 364 g/mol. The minimum atomic E-state index is 0.277. The van der Waals surface area contributed by atoms with E-state index in [2.05, 4.69) is 22.3 Å². The Kier molecular flexibility index (Phi) is 3.93. The molecular weight excluding hydrogens is 340 g/mol. The van der Waals surface area contributed by atoms with Crippen LogP contribution in [-0.2, 0) is 6.54 Å². The molecule has 140 valence electrons. The maximum absolute atomic E-state index is 6.07. The van der Waals surface area contributed by atoms with Crippen LogP contribution in [0.4, 0.5) is 5.69 Å². The fourth-order valence-electron chi connectivity index (χ4n) is 4.18. The van der Waals surface area contributed by atoms with Crippen molar-refractivity contribution in [2.45, 2.75) is 26.3 Å². The molecule has 6 nitrogen and oxygen atoms in total. The molecule has 6 heteroatoms. The summed E-state index contributed by atoms with van der Waals surface area (Å²) in [4.78, 5) is 7.44. The highest BCUT2D eigenvalue weighted by molar-refractivity contribution is 5.70. The standard InChI is InChI=1S/C21H24N4O2/c1-14-3-2-8-24(10-14)12-17-21(23-20-7-5-16(22)11-25(17)20)15-4-6-18-19(9-15)27-13-26-18/h4-7,9,11,14H,2-3,8,10,12-13,22H2,1H3. The van der Waals surface area contributed by atoms with Gasteiger partial charge in [0, 0.05) is 30.5 Å². The number of likely N-dealkylation sites (tertiary alicyclic amines) is 1. The Hall–Kier alpha value is -2.73. The van der Waals surface area contributed by atoms with Crippen molar-refractivity contribution in [2.24, 2.45) is 5.92 Å². The third-order valence-electron chi connectivity index (χ3n) is 5.50. The number of nitrogens with zero attached hydrogens (tertiary/aromatic N) is 3. The molecule has 0 radical (unpaired) electrons. The van der Waals surface area contributed by atoms with Gasteiger partial charge in [0.1, 0.15) is 5.65 Å². The fraction of sp³-hybridized carbons (Fsp3) is 0.381. The maximum Gasteiger partial charge on any atom is 0.231 e. The van der Waals surface area contributed by atoms with E-state index in [1.54, 1.807) is 0 Å². The van der Waals surface area contributed by atoms with Crippen LogP contribution in [0.25, 0.3) is 16.9 Å². The zero-order chi connectivity index (χ0) is 18.4. The first-order chi connectivity index (χ1) is 13.2. The third kappa shape index (κ3) is 3.00. The van der Waals surface area contributed by atoms with Gasteiger partial charge < -0.3 is 19.6 Å². The van der Waals surface area contributed by atoms with E-state index < -0.39 is 0 Å². The molecule has 2 N–H and O–H groups in total. The van der Waals surface area contributed by atoms with Crippen LogP contribution in [-0.4, -0.2) is 34.2 Å². The molecule has 2 aliphatic rings. The highest BCUT2D eigenvalue weighted by Gasteiger charge is 2.22. The van der Waals surface area contributed by atoms with Crippen molar-refractivity contribution < 1.29 is 9.47 Å². The van der Waals surface area contributed by atoms with E-state index in [0.29, 0.717) is 0 Å². The first kappa shape index (κ1) is 16.4. The summed E-state index contributed by atoms with van der Waals surface area (Å²) >= 11 is 0. The molecule has 1 aromatic carbocycles. The normalized spacial score (nSPS) is 19.7. The van der Waals surface area contributed by atoms with Gasteiger partial charge in [-0.3, -0.25) is 4.90 Å². The van der Waals surface area contributed by atoms with Crippen LogP contribution in [0.1, 0.15) is 25.5 Å². The quantitative estimate of drug-likeness (QED) is 0.770. The molecule has 0 saturated carbocycles. The summed E-state index contributed by atoms with van der Waals surface area (Å²) in [6, 6.07) is 9.92. The minimum absolute atomic E-state index is 0.277. The van der Waals surface area contributed by atoms with Crippen LogP contribution >= 0.6 is 0 Å². The molecule has 5 rings (SSSR count). The van der Waals surface area contributed by atoms with E-state index in [9.17, 15) is 0 Å². The lowest BCUT2D eigenvalue weighted by Gasteiger charge is -2.30. The van der Waals surface area contributed by atoms with Crippen LogP contribution in [0, 0.1) is 5.92 Å². The summed E-state index contributed by atoms with van der Waals surface area (Å²) in [5.41, 5.74) is 10.9. The first-order valence-corrected chi connectivity index (χ1v) is 9.56. The highest BCUT2D eigenvalue weighted by atomic mass is 16.7. The van der Waals surface area contributed by atoms with Crippen molar-refractivity contribution in [1.82, 2.24) is 14.3 Å². The second-order valence-electron chi connectivity index (χ2n) is 7.65. The molecule has 1 saturated heterocycles. The number of nitrogens with two attached hydrogens (primary N) is 1. The Morgan fingerprint density at radius 1 is 1.19 bits per heavy atom. The predicted octanol–water partition coefficient (Wildman–Crippen LogP) is 3.54. The fourth-order valence-corrected chi connectivity index (χ4v) is 4.18. The number of nitrogen functional groups attached to an aromatic ring is 1. The van der Waals surface area contributed by atoms with Crippen LogP contribution in [0.5, 0.6) is 11.5 Å². The van der Waals surface area contributed by atoms with Gasteiger partial charge in [-0.15, -0.1) is 0 Å².